The van der Waals surface area contributed by atoms with Crippen molar-refractivity contribution in [1.29, 1.82) is 0 Å². The van der Waals surface area contributed by atoms with Gasteiger partial charge in [0.1, 0.15) is 4.88 Å². The van der Waals surface area contributed by atoms with E-state index in [0.717, 1.165) is 39.7 Å². The molecule has 3 rings (SSSR count). The Morgan fingerprint density at radius 2 is 2.12 bits per heavy atom. The van der Waals surface area contributed by atoms with Crippen LogP contribution >= 0.6 is 33.9 Å². The van der Waals surface area contributed by atoms with Crippen molar-refractivity contribution in [1.82, 2.24) is 10.2 Å². The van der Waals surface area contributed by atoms with E-state index in [4.69, 9.17) is 10.5 Å². The Balaban J connectivity index is 1.72. The molecule has 0 radical (unpaired) electrons. The smallest absolute Gasteiger partial charge is 0.409 e. The number of hydrogen-bond donors (Lipinski definition) is 3. The van der Waals surface area contributed by atoms with Crippen LogP contribution in [0.5, 0.6) is 0 Å². The predicted octanol–water partition coefficient (Wildman–Crippen LogP) is 4.64. The fourth-order valence-corrected chi connectivity index (χ4v) is 5.03. The molecule has 2 aromatic rings. The first kappa shape index (κ1) is 24.3. The first-order valence-corrected chi connectivity index (χ1v) is 12.5. The molecule has 32 heavy (non-hydrogen) atoms. The number of halogens is 1. The van der Waals surface area contributed by atoms with Gasteiger partial charge in [-0.1, -0.05) is 25.5 Å². The topological polar surface area (TPSA) is 114 Å². The average Bonchev–Trinajstić information content (AvgIpc) is 3.17. The van der Waals surface area contributed by atoms with E-state index in [1.165, 1.54) is 11.3 Å². The van der Waals surface area contributed by atoms with Crippen LogP contribution < -0.4 is 16.4 Å². The number of piperidine rings is 1. The normalized spacial score (nSPS) is 15.8. The molecule has 10 heteroatoms. The van der Waals surface area contributed by atoms with Crippen LogP contribution in [-0.4, -0.2) is 48.7 Å². The summed E-state index contributed by atoms with van der Waals surface area (Å²) in [6.07, 6.45) is 2.98. The fourth-order valence-electron chi connectivity index (χ4n) is 3.48. The molecule has 2 heterocycles. The van der Waals surface area contributed by atoms with Crippen molar-refractivity contribution in [2.24, 2.45) is 5.73 Å². The molecule has 1 aliphatic rings. The standard InChI is InChI=1S/C22H27IN4O4S/c1-2-3-10-31-22(30)27-9-5-8-16(13-27)25-20(28)19-17(26-21(24)29)12-18(32-19)14-6-4-7-15(23)11-14/h4,6-7,11-12,16H,2-3,5,8-10,13H2,1H3,(H,25,28)(H3,24,26,29)/t16-/m0/s1. The second kappa shape index (κ2) is 11.5. The third kappa shape index (κ3) is 6.58. The highest BCUT2D eigenvalue weighted by atomic mass is 127. The van der Waals surface area contributed by atoms with Crippen molar-refractivity contribution in [2.75, 3.05) is 25.0 Å². The number of urea groups is 1. The second-order valence-corrected chi connectivity index (χ2v) is 9.88. The number of nitrogens with two attached hydrogens (primary N) is 1. The number of rotatable bonds is 7. The zero-order valence-electron chi connectivity index (χ0n) is 17.9. The molecule has 4 N–H and O–H groups in total. The maximum atomic E-state index is 13.1. The highest BCUT2D eigenvalue weighted by molar-refractivity contribution is 14.1. The quantitative estimate of drug-likeness (QED) is 0.333. The first-order chi connectivity index (χ1) is 15.4. The Kier molecular flexibility index (Phi) is 8.74. The molecule has 1 atom stereocenters. The van der Waals surface area contributed by atoms with Gasteiger partial charge in [0.2, 0.25) is 0 Å². The van der Waals surface area contributed by atoms with E-state index in [2.05, 4.69) is 33.2 Å². The number of thiophene rings is 1. The molecule has 8 nitrogen and oxygen atoms in total. The number of nitrogens with zero attached hydrogens (tertiary/aromatic N) is 1. The summed E-state index contributed by atoms with van der Waals surface area (Å²) in [6, 6.07) is 8.71. The lowest BCUT2D eigenvalue weighted by atomic mass is 10.1. The average molecular weight is 570 g/mol. The monoisotopic (exact) mass is 570 g/mol. The molecule has 172 valence electrons. The van der Waals surface area contributed by atoms with E-state index in [1.807, 2.05) is 31.2 Å². The van der Waals surface area contributed by atoms with Gasteiger partial charge in [-0.25, -0.2) is 9.59 Å². The Morgan fingerprint density at radius 1 is 1.31 bits per heavy atom. The molecular formula is C22H27IN4O4S. The lowest BCUT2D eigenvalue weighted by Gasteiger charge is -2.32. The lowest BCUT2D eigenvalue weighted by molar-refractivity contribution is 0.0798. The van der Waals surface area contributed by atoms with E-state index < -0.39 is 6.03 Å². The number of unbranched alkanes of at least 4 members (excludes halogenated alkanes) is 1. The van der Waals surface area contributed by atoms with Gasteiger partial charge in [-0.15, -0.1) is 11.3 Å². The molecule has 0 spiro atoms. The van der Waals surface area contributed by atoms with Crippen LogP contribution in [0.25, 0.3) is 10.4 Å². The summed E-state index contributed by atoms with van der Waals surface area (Å²) in [5, 5.41) is 5.56. The third-order valence-electron chi connectivity index (χ3n) is 5.04. The molecule has 1 fully saturated rings. The van der Waals surface area contributed by atoms with Gasteiger partial charge in [0, 0.05) is 27.6 Å². The van der Waals surface area contributed by atoms with Crippen LogP contribution in [0.1, 0.15) is 42.3 Å². The van der Waals surface area contributed by atoms with Crippen LogP contribution in [0, 0.1) is 3.57 Å². The van der Waals surface area contributed by atoms with E-state index >= 15 is 0 Å². The molecule has 4 amide bonds. The summed E-state index contributed by atoms with van der Waals surface area (Å²) in [5.41, 5.74) is 6.64. The number of likely N-dealkylation sites (tertiary alicyclic amines) is 1. The number of carbonyl (C=O) groups is 3. The van der Waals surface area contributed by atoms with E-state index in [-0.39, 0.29) is 18.0 Å². The Hall–Kier alpha value is -2.34. The summed E-state index contributed by atoms with van der Waals surface area (Å²) in [5.74, 6) is -0.304. The van der Waals surface area contributed by atoms with Crippen LogP contribution in [-0.2, 0) is 4.74 Å². The number of benzene rings is 1. The van der Waals surface area contributed by atoms with E-state index in [1.54, 1.807) is 11.0 Å². The fraction of sp³-hybridized carbons (Fsp3) is 0.409. The summed E-state index contributed by atoms with van der Waals surface area (Å²) >= 11 is 3.52. The minimum atomic E-state index is -0.732. The molecule has 0 bridgehead atoms. The predicted molar refractivity (Wildman–Crippen MR) is 134 cm³/mol. The van der Waals surface area contributed by atoms with Gasteiger partial charge in [0.05, 0.1) is 12.3 Å². The SMILES string of the molecule is CCCCOC(=O)N1CCC[C@H](NC(=O)c2sc(-c3cccc(I)c3)cc2NC(N)=O)C1. The molecule has 1 aromatic carbocycles. The van der Waals surface area contributed by atoms with Crippen molar-refractivity contribution >= 4 is 57.6 Å². The van der Waals surface area contributed by atoms with Crippen molar-refractivity contribution in [3.8, 4) is 10.4 Å². The number of primary amides is 1. The molecule has 1 aliphatic heterocycles. The van der Waals surface area contributed by atoms with Gasteiger partial charge >= 0.3 is 12.1 Å². The number of carbonyl (C=O) groups excluding carboxylic acids is 3. The second-order valence-electron chi connectivity index (χ2n) is 7.58. The Labute approximate surface area is 205 Å². The maximum absolute atomic E-state index is 13.1. The first-order valence-electron chi connectivity index (χ1n) is 10.6. The van der Waals surface area contributed by atoms with Gasteiger partial charge in [-0.05, 0) is 65.6 Å². The van der Waals surface area contributed by atoms with Gasteiger partial charge in [-0.2, -0.15) is 0 Å². The number of ether oxygens (including phenoxy) is 1. The van der Waals surface area contributed by atoms with Crippen molar-refractivity contribution in [2.45, 2.75) is 38.6 Å². The van der Waals surface area contributed by atoms with Gasteiger partial charge in [0.15, 0.2) is 0 Å². The zero-order chi connectivity index (χ0) is 23.1. The lowest BCUT2D eigenvalue weighted by Crippen LogP contribution is -2.49. The summed E-state index contributed by atoms with van der Waals surface area (Å²) < 4.78 is 6.37. The van der Waals surface area contributed by atoms with Crippen LogP contribution in [0.15, 0.2) is 30.3 Å². The van der Waals surface area contributed by atoms with Crippen LogP contribution in [0.4, 0.5) is 15.3 Å². The van der Waals surface area contributed by atoms with Crippen molar-refractivity contribution in [3.05, 3.63) is 38.8 Å². The molecule has 1 saturated heterocycles. The van der Waals surface area contributed by atoms with Gasteiger partial charge < -0.3 is 26.0 Å². The van der Waals surface area contributed by atoms with Gasteiger partial charge in [-0.3, -0.25) is 4.79 Å². The third-order valence-corrected chi connectivity index (χ3v) is 6.90. The molecule has 1 aromatic heterocycles. The number of nitrogens with one attached hydrogen (secondary N) is 2. The zero-order valence-corrected chi connectivity index (χ0v) is 20.8. The van der Waals surface area contributed by atoms with Crippen LogP contribution in [0.3, 0.4) is 0 Å². The highest BCUT2D eigenvalue weighted by Gasteiger charge is 2.27. The number of anilines is 1. The van der Waals surface area contributed by atoms with E-state index in [0.29, 0.717) is 30.3 Å². The largest absolute Gasteiger partial charge is 0.449 e. The summed E-state index contributed by atoms with van der Waals surface area (Å²) in [6.45, 7) is 3.45. The van der Waals surface area contributed by atoms with Crippen LogP contribution in [0.2, 0.25) is 0 Å². The summed E-state index contributed by atoms with van der Waals surface area (Å²) in [7, 11) is 0. The number of hydrogen-bond acceptors (Lipinski definition) is 5. The molecule has 0 aliphatic carbocycles. The minimum absolute atomic E-state index is 0.195. The Morgan fingerprint density at radius 3 is 2.84 bits per heavy atom. The minimum Gasteiger partial charge on any atom is -0.449 e. The Bertz CT molecular complexity index is 981. The maximum Gasteiger partial charge on any atom is 0.409 e. The molecule has 0 saturated carbocycles. The molecule has 0 unspecified atom stereocenters. The molecular weight excluding hydrogens is 543 g/mol. The summed E-state index contributed by atoms with van der Waals surface area (Å²) in [4.78, 5) is 39.7. The van der Waals surface area contributed by atoms with Crippen molar-refractivity contribution in [3.63, 3.8) is 0 Å². The highest BCUT2D eigenvalue weighted by Crippen LogP contribution is 2.35. The number of amides is 4. The van der Waals surface area contributed by atoms with Crippen molar-refractivity contribution < 1.29 is 19.1 Å². The van der Waals surface area contributed by atoms with E-state index in [9.17, 15) is 14.4 Å². The van der Waals surface area contributed by atoms with Gasteiger partial charge in [0.25, 0.3) is 5.91 Å².